The Morgan fingerprint density at radius 3 is 2.60 bits per heavy atom. The molecule has 0 atom stereocenters. The number of carbonyl (C=O) groups is 1. The summed E-state index contributed by atoms with van der Waals surface area (Å²) in [6.45, 7) is 1.59. The van der Waals surface area contributed by atoms with Gasteiger partial charge in [0.05, 0.1) is 0 Å². The number of hydrogen-bond donors (Lipinski definition) is 0. The van der Waals surface area contributed by atoms with Gasteiger partial charge in [0.2, 0.25) is 0 Å². The predicted molar refractivity (Wildman–Crippen MR) is 65.6 cm³/mol. The molecule has 1 aromatic carbocycles. The summed E-state index contributed by atoms with van der Waals surface area (Å²) in [4.78, 5) is 13.5. The Morgan fingerprint density at radius 1 is 1.47 bits per heavy atom. The molecule has 1 fully saturated rings. The molecule has 0 heterocycles. The number of hydrogen-bond acceptors (Lipinski definition) is 2. The van der Waals surface area contributed by atoms with Crippen LogP contribution in [-0.2, 0) is 0 Å². The lowest BCUT2D eigenvalue weighted by molar-refractivity contribution is 0.101. The van der Waals surface area contributed by atoms with E-state index >= 15 is 0 Å². The lowest BCUT2D eigenvalue weighted by Gasteiger charge is -2.19. The number of anilines is 1. The quantitative estimate of drug-likeness (QED) is 0.784. The number of carbonyl (C=O) groups excluding carboxylic acids is 1. The van der Waals surface area contributed by atoms with E-state index in [2.05, 4.69) is 27.9 Å². The number of nitrogens with zero attached hydrogens (tertiary/aromatic N) is 1. The molecule has 2 nitrogen and oxygen atoms in total. The molecule has 0 radical (unpaired) electrons. The first-order valence-electron chi connectivity index (χ1n) is 5.13. The van der Waals surface area contributed by atoms with Crippen molar-refractivity contribution in [1.82, 2.24) is 0 Å². The molecule has 0 amide bonds. The summed E-state index contributed by atoms with van der Waals surface area (Å²) < 4.78 is 0.889. The number of rotatable bonds is 3. The van der Waals surface area contributed by atoms with Crippen LogP contribution in [0.2, 0.25) is 0 Å². The monoisotopic (exact) mass is 267 g/mol. The van der Waals surface area contributed by atoms with Crippen molar-refractivity contribution in [2.75, 3.05) is 11.9 Å². The Bertz CT molecular complexity index is 399. The van der Waals surface area contributed by atoms with Gasteiger partial charge in [-0.05, 0) is 53.9 Å². The van der Waals surface area contributed by atoms with Crippen LogP contribution < -0.4 is 4.90 Å². The van der Waals surface area contributed by atoms with Gasteiger partial charge in [-0.2, -0.15) is 0 Å². The van der Waals surface area contributed by atoms with Crippen molar-refractivity contribution < 1.29 is 4.79 Å². The third-order valence-electron chi connectivity index (χ3n) is 2.83. The Morgan fingerprint density at radius 2 is 2.13 bits per heavy atom. The molecule has 0 aromatic heterocycles. The van der Waals surface area contributed by atoms with E-state index in [9.17, 15) is 4.79 Å². The largest absolute Gasteiger partial charge is 0.372 e. The molecule has 2 rings (SSSR count). The highest BCUT2D eigenvalue weighted by Crippen LogP contribution is 2.32. The number of Topliss-reactive ketones (excluding diaryl/α,β-unsaturated/α-hetero) is 1. The molecule has 15 heavy (non-hydrogen) atoms. The zero-order valence-electron chi connectivity index (χ0n) is 8.96. The van der Waals surface area contributed by atoms with Crippen LogP contribution in [0.15, 0.2) is 22.7 Å². The first kappa shape index (κ1) is 10.7. The second-order valence-corrected chi connectivity index (χ2v) is 4.92. The van der Waals surface area contributed by atoms with Crippen LogP contribution in [0.1, 0.15) is 30.1 Å². The second-order valence-electron chi connectivity index (χ2n) is 4.06. The molecule has 1 aliphatic rings. The molecule has 1 aliphatic carbocycles. The highest BCUT2D eigenvalue weighted by molar-refractivity contribution is 9.10. The van der Waals surface area contributed by atoms with Crippen molar-refractivity contribution in [3.8, 4) is 0 Å². The summed E-state index contributed by atoms with van der Waals surface area (Å²) in [5, 5.41) is 0. The molecule has 0 aliphatic heterocycles. The minimum Gasteiger partial charge on any atom is -0.372 e. The number of ketones is 1. The van der Waals surface area contributed by atoms with E-state index < -0.39 is 0 Å². The second kappa shape index (κ2) is 3.97. The lowest BCUT2D eigenvalue weighted by atomic mass is 10.1. The zero-order chi connectivity index (χ0) is 11.0. The van der Waals surface area contributed by atoms with Gasteiger partial charge in [0.15, 0.2) is 5.78 Å². The van der Waals surface area contributed by atoms with Gasteiger partial charge < -0.3 is 4.90 Å². The minimum absolute atomic E-state index is 0.0995. The van der Waals surface area contributed by atoms with Crippen LogP contribution in [0.5, 0.6) is 0 Å². The Labute approximate surface area is 98.4 Å². The molecule has 0 N–H and O–H groups in total. The predicted octanol–water partition coefficient (Wildman–Crippen LogP) is 3.25. The van der Waals surface area contributed by atoms with Gasteiger partial charge in [0, 0.05) is 28.8 Å². The molecule has 3 heteroatoms. The van der Waals surface area contributed by atoms with E-state index in [1.165, 1.54) is 18.5 Å². The fourth-order valence-corrected chi connectivity index (χ4v) is 2.33. The van der Waals surface area contributed by atoms with E-state index in [-0.39, 0.29) is 5.78 Å². The molecular weight excluding hydrogens is 254 g/mol. The van der Waals surface area contributed by atoms with E-state index in [0.29, 0.717) is 6.04 Å². The smallest absolute Gasteiger partial charge is 0.160 e. The summed E-state index contributed by atoms with van der Waals surface area (Å²) in [7, 11) is 2.10. The first-order chi connectivity index (χ1) is 7.09. The van der Waals surface area contributed by atoms with Gasteiger partial charge in [-0.3, -0.25) is 4.79 Å². The molecule has 1 aromatic rings. The minimum atomic E-state index is 0.0995. The maximum absolute atomic E-state index is 11.2. The van der Waals surface area contributed by atoms with Crippen molar-refractivity contribution >= 4 is 27.4 Å². The normalized spacial score (nSPS) is 15.1. The van der Waals surface area contributed by atoms with Crippen LogP contribution >= 0.6 is 15.9 Å². The average Bonchev–Trinajstić information content (AvgIpc) is 2.99. The third-order valence-corrected chi connectivity index (χ3v) is 3.49. The number of benzene rings is 1. The zero-order valence-corrected chi connectivity index (χ0v) is 10.5. The lowest BCUT2D eigenvalue weighted by Crippen LogP contribution is -2.19. The van der Waals surface area contributed by atoms with Crippen molar-refractivity contribution in [3.63, 3.8) is 0 Å². The SMILES string of the molecule is CC(=O)c1ccc(N(C)C2CC2)cc1Br. The summed E-state index contributed by atoms with van der Waals surface area (Å²) in [5.74, 6) is 0.0995. The van der Waals surface area contributed by atoms with Gasteiger partial charge in [0.25, 0.3) is 0 Å². The maximum Gasteiger partial charge on any atom is 0.160 e. The van der Waals surface area contributed by atoms with Crippen molar-refractivity contribution in [2.45, 2.75) is 25.8 Å². The van der Waals surface area contributed by atoms with Crippen LogP contribution in [0.25, 0.3) is 0 Å². The molecule has 1 saturated carbocycles. The van der Waals surface area contributed by atoms with E-state index in [1.807, 2.05) is 18.2 Å². The van der Waals surface area contributed by atoms with Crippen LogP contribution in [0.3, 0.4) is 0 Å². The van der Waals surface area contributed by atoms with Crippen LogP contribution in [0, 0.1) is 0 Å². The van der Waals surface area contributed by atoms with Crippen LogP contribution in [0.4, 0.5) is 5.69 Å². The van der Waals surface area contributed by atoms with E-state index in [0.717, 1.165) is 10.0 Å². The topological polar surface area (TPSA) is 20.3 Å². The Balaban J connectivity index is 2.28. The fourth-order valence-electron chi connectivity index (χ4n) is 1.68. The molecule has 0 spiro atoms. The molecule has 80 valence electrons. The summed E-state index contributed by atoms with van der Waals surface area (Å²) >= 11 is 3.44. The molecule has 0 unspecified atom stereocenters. The van der Waals surface area contributed by atoms with Crippen molar-refractivity contribution in [2.24, 2.45) is 0 Å². The van der Waals surface area contributed by atoms with E-state index in [4.69, 9.17) is 0 Å². The fraction of sp³-hybridized carbons (Fsp3) is 0.417. The van der Waals surface area contributed by atoms with Crippen LogP contribution in [-0.4, -0.2) is 18.9 Å². The summed E-state index contributed by atoms with van der Waals surface area (Å²) in [5.41, 5.74) is 1.93. The third kappa shape index (κ3) is 2.23. The summed E-state index contributed by atoms with van der Waals surface area (Å²) in [6.07, 6.45) is 2.56. The first-order valence-corrected chi connectivity index (χ1v) is 5.92. The van der Waals surface area contributed by atoms with Gasteiger partial charge in [-0.15, -0.1) is 0 Å². The average molecular weight is 268 g/mol. The van der Waals surface area contributed by atoms with Gasteiger partial charge in [-0.25, -0.2) is 0 Å². The van der Waals surface area contributed by atoms with Gasteiger partial charge >= 0.3 is 0 Å². The van der Waals surface area contributed by atoms with Gasteiger partial charge in [0.1, 0.15) is 0 Å². The molecule has 0 saturated heterocycles. The standard InChI is InChI=1S/C12H14BrNO/c1-8(15)11-6-5-10(7-12(11)13)14(2)9-3-4-9/h5-7,9H,3-4H2,1-2H3. The van der Waals surface area contributed by atoms with E-state index in [1.54, 1.807) is 6.92 Å². The molecular formula is C12H14BrNO. The highest BCUT2D eigenvalue weighted by Gasteiger charge is 2.26. The number of halogens is 1. The maximum atomic E-state index is 11.2. The van der Waals surface area contributed by atoms with Crippen molar-refractivity contribution in [1.29, 1.82) is 0 Å². The molecule has 0 bridgehead atoms. The highest BCUT2D eigenvalue weighted by atomic mass is 79.9. The Kier molecular flexibility index (Phi) is 2.83. The Hall–Kier alpha value is -0.830. The summed E-state index contributed by atoms with van der Waals surface area (Å²) in [6, 6.07) is 6.62. The van der Waals surface area contributed by atoms with Crippen molar-refractivity contribution in [3.05, 3.63) is 28.2 Å². The van der Waals surface area contributed by atoms with Gasteiger partial charge in [-0.1, -0.05) is 0 Å².